The summed E-state index contributed by atoms with van der Waals surface area (Å²) in [5, 5.41) is 0. The lowest BCUT2D eigenvalue weighted by Crippen LogP contribution is -2.47. The summed E-state index contributed by atoms with van der Waals surface area (Å²) in [6, 6.07) is 10.9. The van der Waals surface area contributed by atoms with Gasteiger partial charge in [-0.3, -0.25) is 9.69 Å². The van der Waals surface area contributed by atoms with Crippen molar-refractivity contribution in [1.29, 1.82) is 0 Å². The minimum Gasteiger partial charge on any atom is -0.366 e. The predicted octanol–water partition coefficient (Wildman–Crippen LogP) is 3.15. The van der Waals surface area contributed by atoms with Crippen molar-refractivity contribution >= 4 is 5.78 Å². The molecule has 0 saturated carbocycles. The van der Waals surface area contributed by atoms with Crippen molar-refractivity contribution in [3.05, 3.63) is 35.9 Å². The Bertz CT molecular complexity index is 540. The van der Waals surface area contributed by atoms with Gasteiger partial charge in [-0.2, -0.15) is 0 Å². The monoisotopic (exact) mass is 299 g/mol. The molecule has 5 unspecified atom stereocenters. The normalized spacial score (nSPS) is 37.6. The summed E-state index contributed by atoms with van der Waals surface area (Å²) >= 11 is 0. The van der Waals surface area contributed by atoms with E-state index in [9.17, 15) is 4.79 Å². The second kappa shape index (κ2) is 5.47. The summed E-state index contributed by atoms with van der Waals surface area (Å²) < 4.78 is 5.80. The number of ketones is 1. The van der Waals surface area contributed by atoms with Crippen LogP contribution < -0.4 is 0 Å². The van der Waals surface area contributed by atoms with Crippen LogP contribution in [0.15, 0.2) is 30.3 Å². The molecule has 3 aliphatic heterocycles. The molecule has 22 heavy (non-hydrogen) atoms. The highest BCUT2D eigenvalue weighted by atomic mass is 16.6. The van der Waals surface area contributed by atoms with E-state index >= 15 is 0 Å². The van der Waals surface area contributed by atoms with Crippen LogP contribution in [-0.4, -0.2) is 42.0 Å². The second-order valence-corrected chi connectivity index (χ2v) is 7.22. The topological polar surface area (TPSA) is 32.8 Å². The number of ether oxygens (including phenoxy) is 1. The fraction of sp³-hybridized carbons (Fsp3) is 0.632. The van der Waals surface area contributed by atoms with Crippen LogP contribution in [0.4, 0.5) is 0 Å². The Morgan fingerprint density at radius 2 is 1.86 bits per heavy atom. The van der Waals surface area contributed by atoms with Gasteiger partial charge in [0.15, 0.2) is 5.78 Å². The van der Waals surface area contributed by atoms with Gasteiger partial charge in [0.25, 0.3) is 0 Å². The number of nitrogens with zero attached hydrogens (tertiary/aromatic N) is 1. The van der Waals surface area contributed by atoms with Crippen molar-refractivity contribution in [3.63, 3.8) is 0 Å². The van der Waals surface area contributed by atoms with Crippen molar-refractivity contribution in [2.75, 3.05) is 7.05 Å². The zero-order chi connectivity index (χ0) is 15.3. The van der Waals surface area contributed by atoms with E-state index in [1.807, 2.05) is 30.3 Å². The minimum absolute atomic E-state index is 0.184. The Hall–Kier alpha value is -1.19. The number of piperidine rings is 1. The summed E-state index contributed by atoms with van der Waals surface area (Å²) in [6.07, 6.45) is 5.24. The molecule has 4 rings (SSSR count). The molecule has 0 aliphatic carbocycles. The highest BCUT2D eigenvalue weighted by Gasteiger charge is 2.62. The van der Waals surface area contributed by atoms with Crippen molar-refractivity contribution in [1.82, 2.24) is 4.90 Å². The fourth-order valence-electron chi connectivity index (χ4n) is 4.82. The first kappa shape index (κ1) is 14.4. The lowest BCUT2D eigenvalue weighted by atomic mass is 9.75. The molecule has 1 aromatic carbocycles. The second-order valence-electron chi connectivity index (χ2n) is 7.22. The maximum absolute atomic E-state index is 13.0. The SMILES string of the molecule is CCCC(C(=O)c1ccccc1)C1CC2C3OC3C(C1)N2C. The molecule has 5 atom stereocenters. The molecule has 3 fully saturated rings. The average Bonchev–Trinajstić information content (AvgIpc) is 3.30. The van der Waals surface area contributed by atoms with Crippen molar-refractivity contribution in [3.8, 4) is 0 Å². The van der Waals surface area contributed by atoms with Crippen LogP contribution in [0.2, 0.25) is 0 Å². The molecule has 3 heteroatoms. The maximum Gasteiger partial charge on any atom is 0.166 e. The molecule has 0 spiro atoms. The molecule has 2 bridgehead atoms. The van der Waals surface area contributed by atoms with Crippen LogP contribution in [0.3, 0.4) is 0 Å². The van der Waals surface area contributed by atoms with E-state index in [4.69, 9.17) is 4.74 Å². The van der Waals surface area contributed by atoms with Crippen LogP contribution in [-0.2, 0) is 4.74 Å². The lowest BCUT2D eigenvalue weighted by Gasteiger charge is -2.41. The summed E-state index contributed by atoms with van der Waals surface area (Å²) in [7, 11) is 2.23. The fourth-order valence-corrected chi connectivity index (χ4v) is 4.82. The van der Waals surface area contributed by atoms with E-state index in [2.05, 4.69) is 18.9 Å². The van der Waals surface area contributed by atoms with Gasteiger partial charge in [0.2, 0.25) is 0 Å². The highest BCUT2D eigenvalue weighted by molar-refractivity contribution is 5.98. The first-order valence-electron chi connectivity index (χ1n) is 8.67. The molecule has 0 radical (unpaired) electrons. The van der Waals surface area contributed by atoms with E-state index in [1.165, 1.54) is 0 Å². The van der Waals surface area contributed by atoms with Gasteiger partial charge in [-0.25, -0.2) is 0 Å². The number of morpholine rings is 1. The predicted molar refractivity (Wildman–Crippen MR) is 85.9 cm³/mol. The number of hydrogen-bond acceptors (Lipinski definition) is 3. The largest absolute Gasteiger partial charge is 0.366 e. The molecular formula is C19H25NO2. The third-order valence-corrected chi connectivity index (χ3v) is 6.02. The van der Waals surface area contributed by atoms with E-state index in [0.717, 1.165) is 31.2 Å². The summed E-state index contributed by atoms with van der Waals surface area (Å²) in [5.74, 6) is 1.06. The number of carbonyl (C=O) groups is 1. The van der Waals surface area contributed by atoms with Crippen molar-refractivity contribution < 1.29 is 9.53 Å². The highest BCUT2D eigenvalue weighted by Crippen LogP contribution is 2.51. The van der Waals surface area contributed by atoms with E-state index in [0.29, 0.717) is 36.0 Å². The molecule has 0 amide bonds. The Balaban J connectivity index is 1.54. The summed E-state index contributed by atoms with van der Waals surface area (Å²) in [5.41, 5.74) is 0.883. The van der Waals surface area contributed by atoms with Gasteiger partial charge < -0.3 is 4.74 Å². The molecule has 0 aromatic heterocycles. The molecule has 3 saturated heterocycles. The first-order valence-corrected chi connectivity index (χ1v) is 8.67. The molecule has 0 N–H and O–H groups in total. The molecule has 3 aliphatic rings. The van der Waals surface area contributed by atoms with E-state index < -0.39 is 0 Å². The van der Waals surface area contributed by atoms with Crippen LogP contribution in [0.1, 0.15) is 43.0 Å². The molecule has 3 heterocycles. The first-order chi connectivity index (χ1) is 10.7. The number of carbonyl (C=O) groups excluding carboxylic acids is 1. The van der Waals surface area contributed by atoms with E-state index in [1.54, 1.807) is 0 Å². The van der Waals surface area contributed by atoms with Gasteiger partial charge in [0, 0.05) is 23.6 Å². The number of hydrogen-bond donors (Lipinski definition) is 0. The molecular weight excluding hydrogens is 274 g/mol. The third-order valence-electron chi connectivity index (χ3n) is 6.02. The van der Waals surface area contributed by atoms with Gasteiger partial charge in [-0.05, 0) is 32.2 Å². The van der Waals surface area contributed by atoms with Crippen LogP contribution >= 0.6 is 0 Å². The molecule has 118 valence electrons. The number of epoxide rings is 1. The van der Waals surface area contributed by atoms with Crippen molar-refractivity contribution in [2.45, 2.75) is 56.9 Å². The Morgan fingerprint density at radius 1 is 1.23 bits per heavy atom. The van der Waals surface area contributed by atoms with Gasteiger partial charge >= 0.3 is 0 Å². The van der Waals surface area contributed by atoms with Gasteiger partial charge in [0.1, 0.15) is 12.2 Å². The van der Waals surface area contributed by atoms with Crippen molar-refractivity contribution in [2.24, 2.45) is 11.8 Å². The summed E-state index contributed by atoms with van der Waals surface area (Å²) in [6.45, 7) is 2.19. The average molecular weight is 299 g/mol. The van der Waals surface area contributed by atoms with E-state index in [-0.39, 0.29) is 5.92 Å². The minimum atomic E-state index is 0.184. The number of likely N-dealkylation sites (N-methyl/N-ethyl adjacent to an activating group) is 1. The Labute approximate surface area is 132 Å². The van der Waals surface area contributed by atoms with Gasteiger partial charge in [-0.15, -0.1) is 0 Å². The number of fused-ring (bicyclic) bond motifs is 5. The Kier molecular flexibility index (Phi) is 3.58. The van der Waals surface area contributed by atoms with Crippen LogP contribution in [0, 0.1) is 11.8 Å². The zero-order valence-corrected chi connectivity index (χ0v) is 13.4. The molecule has 3 nitrogen and oxygen atoms in total. The van der Waals surface area contributed by atoms with Gasteiger partial charge in [-0.1, -0.05) is 43.7 Å². The number of rotatable bonds is 5. The summed E-state index contributed by atoms with van der Waals surface area (Å²) in [4.78, 5) is 15.5. The molecule has 1 aromatic rings. The smallest absolute Gasteiger partial charge is 0.166 e. The lowest BCUT2D eigenvalue weighted by molar-refractivity contribution is 0.0282. The van der Waals surface area contributed by atoms with Crippen LogP contribution in [0.5, 0.6) is 0 Å². The quantitative estimate of drug-likeness (QED) is 0.618. The third kappa shape index (κ3) is 2.22. The number of Topliss-reactive ketones (excluding diaryl/α,β-unsaturated/α-hetero) is 1. The van der Waals surface area contributed by atoms with Gasteiger partial charge in [0.05, 0.1) is 0 Å². The standard InChI is InChI=1S/C19H25NO2/c1-3-7-14(17(21)12-8-5-4-6-9-12)13-10-15-18-19(22-18)16(11-13)20(15)2/h4-6,8-9,13-16,18-19H,3,7,10-11H2,1-2H3. The Morgan fingerprint density at radius 3 is 2.45 bits per heavy atom. The zero-order valence-electron chi connectivity index (χ0n) is 13.4. The maximum atomic E-state index is 13.0. The van der Waals surface area contributed by atoms with Crippen LogP contribution in [0.25, 0.3) is 0 Å². The number of benzene rings is 1.